The Morgan fingerprint density at radius 2 is 2.07 bits per heavy atom. The molecular weight excluding hydrogens is 388 g/mol. The van der Waals surface area contributed by atoms with Gasteiger partial charge in [0.1, 0.15) is 5.75 Å². The highest BCUT2D eigenvalue weighted by atomic mass is 32.1. The third kappa shape index (κ3) is 5.90. The number of Topliss-reactive ketones (excluding diaryl/α,β-unsaturated/α-hetero) is 1. The summed E-state index contributed by atoms with van der Waals surface area (Å²) < 4.78 is 5.25. The lowest BCUT2D eigenvalue weighted by atomic mass is 10.1. The molecule has 2 aromatic rings. The molecule has 0 bridgehead atoms. The van der Waals surface area contributed by atoms with Crippen molar-refractivity contribution in [3.8, 4) is 5.75 Å². The summed E-state index contributed by atoms with van der Waals surface area (Å²) in [7, 11) is 1.63. The van der Waals surface area contributed by atoms with Crippen LogP contribution in [0.25, 0.3) is 0 Å². The number of rotatable bonds is 7. The van der Waals surface area contributed by atoms with E-state index < -0.39 is 0 Å². The molecule has 1 aromatic carbocycles. The van der Waals surface area contributed by atoms with Crippen molar-refractivity contribution in [3.63, 3.8) is 0 Å². The Hall–Kier alpha value is -2.67. The Labute approximate surface area is 174 Å². The molecule has 1 N–H and O–H groups in total. The zero-order valence-corrected chi connectivity index (χ0v) is 17.6. The lowest BCUT2D eigenvalue weighted by Crippen LogP contribution is -2.36. The summed E-state index contributed by atoms with van der Waals surface area (Å²) in [6.45, 7) is 2.67. The quantitative estimate of drug-likeness (QED) is 0.706. The summed E-state index contributed by atoms with van der Waals surface area (Å²) in [6, 6.07) is 9.48. The van der Waals surface area contributed by atoms with Gasteiger partial charge in [0.05, 0.1) is 18.4 Å². The van der Waals surface area contributed by atoms with E-state index in [1.807, 2.05) is 34.5 Å². The summed E-state index contributed by atoms with van der Waals surface area (Å²) in [6.07, 6.45) is 2.04. The highest BCUT2D eigenvalue weighted by Gasteiger charge is 2.24. The third-order valence-corrected chi connectivity index (χ3v) is 6.12. The van der Waals surface area contributed by atoms with Gasteiger partial charge < -0.3 is 15.0 Å². The van der Waals surface area contributed by atoms with E-state index in [9.17, 15) is 14.4 Å². The van der Waals surface area contributed by atoms with Crippen molar-refractivity contribution >= 4 is 28.9 Å². The van der Waals surface area contributed by atoms with Crippen LogP contribution in [0.5, 0.6) is 5.75 Å². The normalized spacial score (nSPS) is 17.0. The topological polar surface area (TPSA) is 75.7 Å². The van der Waals surface area contributed by atoms with Crippen molar-refractivity contribution in [2.45, 2.75) is 45.2 Å². The Morgan fingerprint density at radius 3 is 2.79 bits per heavy atom. The summed E-state index contributed by atoms with van der Waals surface area (Å²) in [5, 5.41) is 4.90. The van der Waals surface area contributed by atoms with Gasteiger partial charge >= 0.3 is 0 Å². The fourth-order valence-electron chi connectivity index (χ4n) is 3.46. The van der Waals surface area contributed by atoms with Crippen LogP contribution in [-0.4, -0.2) is 42.2 Å². The van der Waals surface area contributed by atoms with Crippen molar-refractivity contribution < 1.29 is 19.1 Å². The molecule has 3 rings (SSSR count). The predicted octanol–water partition coefficient (Wildman–Crippen LogP) is 3.20. The average molecular weight is 415 g/mol. The molecule has 1 fully saturated rings. The molecule has 1 aromatic heterocycles. The smallest absolute Gasteiger partial charge is 0.224 e. The second-order valence-corrected chi connectivity index (χ2v) is 8.22. The molecular formula is C22H26N2O4S. The maximum atomic E-state index is 12.5. The highest BCUT2D eigenvalue weighted by Crippen LogP contribution is 2.19. The van der Waals surface area contributed by atoms with E-state index in [0.717, 1.165) is 23.3 Å². The molecule has 2 amide bonds. The molecule has 29 heavy (non-hydrogen) atoms. The van der Waals surface area contributed by atoms with Crippen LogP contribution in [0.15, 0.2) is 35.7 Å². The number of hydrogen-bond donors (Lipinski definition) is 1. The van der Waals surface area contributed by atoms with Crippen LogP contribution < -0.4 is 10.1 Å². The fraction of sp³-hybridized carbons (Fsp3) is 0.409. The molecule has 154 valence electrons. The number of carbonyl (C=O) groups is 3. The van der Waals surface area contributed by atoms with E-state index in [4.69, 9.17) is 4.74 Å². The van der Waals surface area contributed by atoms with E-state index in [-0.39, 0.29) is 30.1 Å². The number of likely N-dealkylation sites (tertiary alicyclic amines) is 1. The minimum Gasteiger partial charge on any atom is -0.497 e. The number of ketones is 1. The molecule has 1 unspecified atom stereocenters. The molecule has 7 heteroatoms. The summed E-state index contributed by atoms with van der Waals surface area (Å²) in [5.74, 6) is 0.821. The van der Waals surface area contributed by atoms with E-state index in [0.29, 0.717) is 30.8 Å². The van der Waals surface area contributed by atoms with E-state index >= 15 is 0 Å². The first-order chi connectivity index (χ1) is 13.9. The van der Waals surface area contributed by atoms with Crippen LogP contribution in [0.3, 0.4) is 0 Å². The molecule has 1 atom stereocenters. The largest absolute Gasteiger partial charge is 0.497 e. The number of methoxy groups -OCH3 is 1. The Morgan fingerprint density at radius 1 is 1.24 bits per heavy atom. The minimum absolute atomic E-state index is 0.0140. The van der Waals surface area contributed by atoms with Gasteiger partial charge in [0, 0.05) is 25.6 Å². The number of benzene rings is 1. The standard InChI is InChI=1S/C22H26N2O4S/c1-15(25)20-11-17(14-29-20)12-21(26)23-18-6-7-22(27)24(9-8-18)13-16-4-3-5-19(10-16)28-2/h3-5,10-11,14,18H,6-9,12-13H2,1-2H3,(H,23,26). The first kappa shape index (κ1) is 21.0. The molecule has 0 aliphatic carbocycles. The second-order valence-electron chi connectivity index (χ2n) is 7.31. The van der Waals surface area contributed by atoms with Gasteiger partial charge in [-0.3, -0.25) is 14.4 Å². The maximum absolute atomic E-state index is 12.5. The molecule has 0 radical (unpaired) electrons. The van der Waals surface area contributed by atoms with Crippen molar-refractivity contribution in [2.24, 2.45) is 0 Å². The number of thiophene rings is 1. The van der Waals surface area contributed by atoms with Gasteiger partial charge in [-0.2, -0.15) is 0 Å². The predicted molar refractivity (Wildman–Crippen MR) is 112 cm³/mol. The van der Waals surface area contributed by atoms with Gasteiger partial charge in [-0.1, -0.05) is 12.1 Å². The number of hydrogen-bond acceptors (Lipinski definition) is 5. The SMILES string of the molecule is COc1cccc(CN2CCC(NC(=O)Cc3csc(C(C)=O)c3)CCC2=O)c1. The number of ether oxygens (including phenoxy) is 1. The number of nitrogens with zero attached hydrogens (tertiary/aromatic N) is 1. The van der Waals surface area contributed by atoms with Crippen LogP contribution in [0, 0.1) is 0 Å². The molecule has 1 aliphatic heterocycles. The number of nitrogens with one attached hydrogen (secondary N) is 1. The van der Waals surface area contributed by atoms with Gasteiger partial charge in [0.2, 0.25) is 11.8 Å². The molecule has 1 saturated heterocycles. The monoisotopic (exact) mass is 414 g/mol. The van der Waals surface area contributed by atoms with Crippen LogP contribution >= 0.6 is 11.3 Å². The van der Waals surface area contributed by atoms with E-state index in [1.54, 1.807) is 13.2 Å². The first-order valence-electron chi connectivity index (χ1n) is 9.73. The number of amides is 2. The summed E-state index contributed by atoms with van der Waals surface area (Å²) in [4.78, 5) is 38.8. The highest BCUT2D eigenvalue weighted by molar-refractivity contribution is 7.12. The van der Waals surface area contributed by atoms with Crippen LogP contribution in [0.2, 0.25) is 0 Å². The lowest BCUT2D eigenvalue weighted by molar-refractivity contribution is -0.131. The first-order valence-corrected chi connectivity index (χ1v) is 10.6. The fourth-order valence-corrected chi connectivity index (χ4v) is 4.27. The second kappa shape index (κ2) is 9.69. The molecule has 1 aliphatic rings. The van der Waals surface area contributed by atoms with Crippen LogP contribution in [-0.2, 0) is 22.6 Å². The van der Waals surface area contributed by atoms with Gasteiger partial charge in [-0.25, -0.2) is 0 Å². The maximum Gasteiger partial charge on any atom is 0.224 e. The third-order valence-electron chi connectivity index (χ3n) is 5.04. The molecule has 6 nitrogen and oxygen atoms in total. The van der Waals surface area contributed by atoms with E-state index in [1.165, 1.54) is 18.3 Å². The van der Waals surface area contributed by atoms with E-state index in [2.05, 4.69) is 5.32 Å². The van der Waals surface area contributed by atoms with Crippen molar-refractivity contribution in [3.05, 3.63) is 51.7 Å². The van der Waals surface area contributed by atoms with Gasteiger partial charge in [0.15, 0.2) is 5.78 Å². The van der Waals surface area contributed by atoms with Crippen molar-refractivity contribution in [2.75, 3.05) is 13.7 Å². The zero-order chi connectivity index (χ0) is 20.8. The molecule has 0 spiro atoms. The van der Waals surface area contributed by atoms with Gasteiger partial charge in [-0.15, -0.1) is 11.3 Å². The Kier molecular flexibility index (Phi) is 7.04. The van der Waals surface area contributed by atoms with Crippen molar-refractivity contribution in [1.29, 1.82) is 0 Å². The van der Waals surface area contributed by atoms with Gasteiger partial charge in [0.25, 0.3) is 0 Å². The summed E-state index contributed by atoms with van der Waals surface area (Å²) in [5.41, 5.74) is 1.88. The minimum atomic E-state index is -0.0726. The van der Waals surface area contributed by atoms with Gasteiger partial charge in [-0.05, 0) is 54.5 Å². The van der Waals surface area contributed by atoms with Crippen LogP contribution in [0.1, 0.15) is 47.0 Å². The van der Waals surface area contributed by atoms with Crippen molar-refractivity contribution in [1.82, 2.24) is 10.2 Å². The average Bonchev–Trinajstić information content (AvgIpc) is 3.10. The molecule has 2 heterocycles. The number of carbonyl (C=O) groups excluding carboxylic acids is 3. The summed E-state index contributed by atoms with van der Waals surface area (Å²) >= 11 is 1.36. The Balaban J connectivity index is 1.53. The molecule has 0 saturated carbocycles. The zero-order valence-electron chi connectivity index (χ0n) is 16.8. The Bertz CT molecular complexity index is 892. The lowest BCUT2D eigenvalue weighted by Gasteiger charge is -2.21. The van der Waals surface area contributed by atoms with Crippen LogP contribution in [0.4, 0.5) is 0 Å².